The quantitative estimate of drug-likeness (QED) is 0.680. The van der Waals surface area contributed by atoms with Crippen LogP contribution in [-0.4, -0.2) is 12.3 Å². The number of hydrogen-bond donors (Lipinski definition) is 0. The SMILES string of the molecule is FC(F)(F)C1CC(c2ccccc2)O1. The van der Waals surface area contributed by atoms with E-state index in [1.807, 2.05) is 6.07 Å². The molecule has 76 valence electrons. The van der Waals surface area contributed by atoms with Gasteiger partial charge in [0.15, 0.2) is 6.10 Å². The van der Waals surface area contributed by atoms with E-state index in [4.69, 9.17) is 4.74 Å². The Balaban J connectivity index is 1.96. The maximum atomic E-state index is 12.1. The molecule has 1 fully saturated rings. The summed E-state index contributed by atoms with van der Waals surface area (Å²) in [6.45, 7) is 0. The van der Waals surface area contributed by atoms with Crippen LogP contribution in [0.15, 0.2) is 30.3 Å². The van der Waals surface area contributed by atoms with Gasteiger partial charge >= 0.3 is 6.18 Å². The van der Waals surface area contributed by atoms with E-state index < -0.39 is 12.3 Å². The Hall–Kier alpha value is -1.03. The molecule has 1 heterocycles. The lowest BCUT2D eigenvalue weighted by molar-refractivity contribution is -0.288. The van der Waals surface area contributed by atoms with Crippen LogP contribution in [0.25, 0.3) is 0 Å². The summed E-state index contributed by atoms with van der Waals surface area (Å²) in [5.74, 6) is 0. The zero-order chi connectivity index (χ0) is 10.2. The van der Waals surface area contributed by atoms with Crippen molar-refractivity contribution >= 4 is 0 Å². The lowest BCUT2D eigenvalue weighted by atomic mass is 9.97. The molecule has 1 aliphatic heterocycles. The predicted octanol–water partition coefficient (Wildman–Crippen LogP) is 3.08. The number of hydrogen-bond acceptors (Lipinski definition) is 1. The van der Waals surface area contributed by atoms with Crippen molar-refractivity contribution in [3.63, 3.8) is 0 Å². The summed E-state index contributed by atoms with van der Waals surface area (Å²) >= 11 is 0. The Bertz CT molecular complexity index is 301. The van der Waals surface area contributed by atoms with Crippen LogP contribution in [0.3, 0.4) is 0 Å². The minimum absolute atomic E-state index is 0.0352. The van der Waals surface area contributed by atoms with Crippen LogP contribution >= 0.6 is 0 Å². The van der Waals surface area contributed by atoms with Gasteiger partial charge in [-0.1, -0.05) is 30.3 Å². The van der Waals surface area contributed by atoms with Gasteiger partial charge in [0.1, 0.15) is 0 Å². The third-order valence-corrected chi connectivity index (χ3v) is 2.29. The molecule has 0 N–H and O–H groups in total. The molecule has 0 radical (unpaired) electrons. The second kappa shape index (κ2) is 3.28. The van der Waals surface area contributed by atoms with Gasteiger partial charge in [0, 0.05) is 6.42 Å². The zero-order valence-corrected chi connectivity index (χ0v) is 7.29. The molecule has 14 heavy (non-hydrogen) atoms. The fraction of sp³-hybridized carbons (Fsp3) is 0.400. The second-order valence-electron chi connectivity index (χ2n) is 3.30. The molecule has 0 saturated carbocycles. The fourth-order valence-electron chi connectivity index (χ4n) is 1.47. The normalized spacial score (nSPS) is 27.1. The van der Waals surface area contributed by atoms with Gasteiger partial charge in [0.2, 0.25) is 0 Å². The van der Waals surface area contributed by atoms with E-state index in [-0.39, 0.29) is 12.5 Å². The van der Waals surface area contributed by atoms with Crippen LogP contribution < -0.4 is 0 Å². The van der Waals surface area contributed by atoms with Crippen molar-refractivity contribution < 1.29 is 17.9 Å². The van der Waals surface area contributed by atoms with Gasteiger partial charge in [-0.25, -0.2) is 0 Å². The number of benzene rings is 1. The molecule has 0 aliphatic carbocycles. The number of alkyl halides is 3. The van der Waals surface area contributed by atoms with E-state index in [1.54, 1.807) is 24.3 Å². The van der Waals surface area contributed by atoms with Gasteiger partial charge in [-0.3, -0.25) is 0 Å². The van der Waals surface area contributed by atoms with Crippen molar-refractivity contribution in [1.82, 2.24) is 0 Å². The highest BCUT2D eigenvalue weighted by atomic mass is 19.4. The third kappa shape index (κ3) is 1.75. The van der Waals surface area contributed by atoms with Gasteiger partial charge < -0.3 is 4.74 Å². The van der Waals surface area contributed by atoms with Crippen LogP contribution in [0, 0.1) is 0 Å². The van der Waals surface area contributed by atoms with E-state index in [9.17, 15) is 13.2 Å². The number of ether oxygens (including phenoxy) is 1. The van der Waals surface area contributed by atoms with E-state index in [0.717, 1.165) is 5.56 Å². The first-order valence-corrected chi connectivity index (χ1v) is 4.34. The summed E-state index contributed by atoms with van der Waals surface area (Å²) in [6, 6.07) is 8.96. The molecule has 1 nitrogen and oxygen atoms in total. The Morgan fingerprint density at radius 1 is 1.14 bits per heavy atom. The van der Waals surface area contributed by atoms with Crippen molar-refractivity contribution in [2.75, 3.05) is 0 Å². The minimum Gasteiger partial charge on any atom is -0.361 e. The topological polar surface area (TPSA) is 9.23 Å². The fourth-order valence-corrected chi connectivity index (χ4v) is 1.47. The number of rotatable bonds is 1. The molecule has 1 aromatic carbocycles. The largest absolute Gasteiger partial charge is 0.414 e. The average molecular weight is 202 g/mol. The maximum Gasteiger partial charge on any atom is 0.414 e. The summed E-state index contributed by atoms with van der Waals surface area (Å²) in [6.07, 6.45) is -6.14. The molecule has 0 amide bonds. The molecular weight excluding hydrogens is 193 g/mol. The summed E-state index contributed by atoms with van der Waals surface area (Å²) < 4.78 is 41.0. The molecule has 0 aromatic heterocycles. The maximum absolute atomic E-state index is 12.1. The highest BCUT2D eigenvalue weighted by Crippen LogP contribution is 2.42. The molecule has 2 unspecified atom stereocenters. The van der Waals surface area contributed by atoms with E-state index in [0.29, 0.717) is 0 Å². The Morgan fingerprint density at radius 2 is 1.71 bits per heavy atom. The van der Waals surface area contributed by atoms with E-state index in [1.165, 1.54) is 0 Å². The predicted molar refractivity (Wildman–Crippen MR) is 44.7 cm³/mol. The molecule has 4 heteroatoms. The number of halogens is 3. The molecule has 1 aliphatic rings. The van der Waals surface area contributed by atoms with Gasteiger partial charge in [0.05, 0.1) is 6.10 Å². The Labute approximate surface area is 79.5 Å². The summed E-state index contributed by atoms with van der Waals surface area (Å²) in [5, 5.41) is 0. The molecule has 1 saturated heterocycles. The Morgan fingerprint density at radius 3 is 2.21 bits per heavy atom. The monoisotopic (exact) mass is 202 g/mol. The van der Waals surface area contributed by atoms with E-state index >= 15 is 0 Å². The highest BCUT2D eigenvalue weighted by Gasteiger charge is 2.49. The van der Waals surface area contributed by atoms with Crippen LogP contribution in [-0.2, 0) is 4.74 Å². The smallest absolute Gasteiger partial charge is 0.361 e. The van der Waals surface area contributed by atoms with Gasteiger partial charge in [0.25, 0.3) is 0 Å². The second-order valence-corrected chi connectivity index (χ2v) is 3.30. The lowest BCUT2D eigenvalue weighted by Gasteiger charge is -2.37. The Kier molecular flexibility index (Phi) is 2.23. The molecule has 2 rings (SSSR count). The first-order chi connectivity index (χ1) is 6.57. The lowest BCUT2D eigenvalue weighted by Crippen LogP contribution is -2.42. The summed E-state index contributed by atoms with van der Waals surface area (Å²) in [7, 11) is 0. The standard InChI is InChI=1S/C10H9F3O/c11-10(12,13)9-6-8(14-9)7-4-2-1-3-5-7/h1-5,8-9H,6H2. The zero-order valence-electron chi connectivity index (χ0n) is 7.29. The van der Waals surface area contributed by atoms with Crippen LogP contribution in [0.4, 0.5) is 13.2 Å². The van der Waals surface area contributed by atoms with Crippen molar-refractivity contribution in [3.05, 3.63) is 35.9 Å². The molecule has 0 bridgehead atoms. The van der Waals surface area contributed by atoms with Gasteiger partial charge in [-0.2, -0.15) is 13.2 Å². The van der Waals surface area contributed by atoms with Crippen molar-refractivity contribution in [1.29, 1.82) is 0 Å². The summed E-state index contributed by atoms with van der Waals surface area (Å²) in [5.41, 5.74) is 0.813. The highest BCUT2D eigenvalue weighted by molar-refractivity contribution is 5.19. The van der Waals surface area contributed by atoms with Crippen LogP contribution in [0.1, 0.15) is 18.1 Å². The van der Waals surface area contributed by atoms with E-state index in [2.05, 4.69) is 0 Å². The van der Waals surface area contributed by atoms with Crippen molar-refractivity contribution in [2.24, 2.45) is 0 Å². The van der Waals surface area contributed by atoms with Crippen molar-refractivity contribution in [2.45, 2.75) is 24.8 Å². The van der Waals surface area contributed by atoms with Gasteiger partial charge in [-0.15, -0.1) is 0 Å². The third-order valence-electron chi connectivity index (χ3n) is 2.29. The minimum atomic E-state index is -4.22. The first kappa shape index (κ1) is 9.52. The van der Waals surface area contributed by atoms with Crippen LogP contribution in [0.2, 0.25) is 0 Å². The molecular formula is C10H9F3O. The van der Waals surface area contributed by atoms with Crippen molar-refractivity contribution in [3.8, 4) is 0 Å². The molecule has 2 atom stereocenters. The summed E-state index contributed by atoms with van der Waals surface area (Å²) in [4.78, 5) is 0. The molecule has 1 aromatic rings. The molecule has 0 spiro atoms. The first-order valence-electron chi connectivity index (χ1n) is 4.34. The van der Waals surface area contributed by atoms with Gasteiger partial charge in [-0.05, 0) is 5.56 Å². The van der Waals surface area contributed by atoms with Crippen LogP contribution in [0.5, 0.6) is 0 Å². The average Bonchev–Trinajstić information content (AvgIpc) is 2.00.